The third kappa shape index (κ3) is 2.77. The lowest BCUT2D eigenvalue weighted by Crippen LogP contribution is -2.23. The topological polar surface area (TPSA) is 54.1 Å². The highest BCUT2D eigenvalue weighted by atomic mass is 19.1. The maximum absolute atomic E-state index is 14.1. The molecule has 3 rings (SSSR count). The molecule has 0 radical (unpaired) electrons. The molecule has 118 valence electrons. The molecular weight excluding hydrogens is 295 g/mol. The number of rotatable bonds is 4. The fourth-order valence-corrected chi connectivity index (χ4v) is 2.73. The molecule has 0 aliphatic heterocycles. The highest BCUT2D eigenvalue weighted by Gasteiger charge is 2.18. The van der Waals surface area contributed by atoms with Crippen LogP contribution < -0.4 is 10.1 Å². The number of aromatic amines is 1. The molecule has 1 aromatic heterocycles. The minimum atomic E-state index is -0.408. The Morgan fingerprint density at radius 2 is 2.00 bits per heavy atom. The van der Waals surface area contributed by atoms with Gasteiger partial charge >= 0.3 is 0 Å². The second-order valence-electron chi connectivity index (χ2n) is 5.28. The third-order valence-corrected chi connectivity index (χ3v) is 3.82. The molecule has 1 amide bonds. The van der Waals surface area contributed by atoms with Crippen molar-refractivity contribution < 1.29 is 13.9 Å². The summed E-state index contributed by atoms with van der Waals surface area (Å²) in [5.74, 6) is -0.0197. The number of ether oxygens (including phenoxy) is 1. The first-order valence-corrected chi connectivity index (χ1v) is 7.28. The fraction of sp³-hybridized carbons (Fsp3) is 0.167. The molecule has 0 saturated heterocycles. The Balaban J connectivity index is 1.88. The Morgan fingerprint density at radius 1 is 1.22 bits per heavy atom. The lowest BCUT2D eigenvalue weighted by molar-refractivity contribution is 0.0951. The predicted molar refractivity (Wildman–Crippen MR) is 87.2 cm³/mol. The van der Waals surface area contributed by atoms with Gasteiger partial charge in [-0.15, -0.1) is 0 Å². The zero-order chi connectivity index (χ0) is 16.4. The minimum Gasteiger partial charge on any atom is -0.496 e. The van der Waals surface area contributed by atoms with E-state index in [0.29, 0.717) is 34.5 Å². The average molecular weight is 312 g/mol. The number of benzene rings is 2. The first-order valence-electron chi connectivity index (χ1n) is 7.28. The summed E-state index contributed by atoms with van der Waals surface area (Å²) in [6, 6.07) is 12.2. The summed E-state index contributed by atoms with van der Waals surface area (Å²) >= 11 is 0. The first kappa shape index (κ1) is 15.1. The molecule has 0 spiro atoms. The lowest BCUT2D eigenvalue weighted by atomic mass is 10.1. The largest absolute Gasteiger partial charge is 0.496 e. The second kappa shape index (κ2) is 6.12. The number of carbonyl (C=O) groups excluding carboxylic acids is 1. The number of halogens is 1. The number of methoxy groups -OCH3 is 1. The Bertz CT molecular complexity index is 871. The molecule has 0 saturated carbocycles. The molecule has 2 N–H and O–H groups in total. The number of fused-ring (bicyclic) bond motifs is 1. The SMILES string of the molecule is COc1ccccc1CNC(=O)c1c(C)[nH]c2cccc(F)c12. The number of amides is 1. The standard InChI is InChI=1S/C18H17FN2O2/c1-11-16(17-13(19)7-5-8-14(17)21-11)18(22)20-10-12-6-3-4-9-15(12)23-2/h3-9,21H,10H2,1-2H3,(H,20,22). The second-order valence-corrected chi connectivity index (χ2v) is 5.28. The summed E-state index contributed by atoms with van der Waals surface area (Å²) in [4.78, 5) is 15.6. The first-order chi connectivity index (χ1) is 11.1. The van der Waals surface area contributed by atoms with Crippen molar-refractivity contribution in [1.82, 2.24) is 10.3 Å². The van der Waals surface area contributed by atoms with Crippen molar-refractivity contribution in [2.45, 2.75) is 13.5 Å². The normalized spacial score (nSPS) is 10.7. The summed E-state index contributed by atoms with van der Waals surface area (Å²) < 4.78 is 19.3. The number of aryl methyl sites for hydroxylation is 1. The van der Waals surface area contributed by atoms with Crippen LogP contribution in [0.1, 0.15) is 21.6 Å². The molecule has 0 aliphatic rings. The van der Waals surface area contributed by atoms with Crippen molar-refractivity contribution in [2.24, 2.45) is 0 Å². The van der Waals surface area contributed by atoms with Gasteiger partial charge in [0.25, 0.3) is 5.91 Å². The molecule has 0 unspecified atom stereocenters. The zero-order valence-electron chi connectivity index (χ0n) is 12.9. The predicted octanol–water partition coefficient (Wildman–Crippen LogP) is 3.55. The van der Waals surface area contributed by atoms with E-state index in [0.717, 1.165) is 5.56 Å². The van der Waals surface area contributed by atoms with E-state index in [-0.39, 0.29) is 5.91 Å². The van der Waals surface area contributed by atoms with Crippen molar-refractivity contribution in [1.29, 1.82) is 0 Å². The number of aromatic nitrogens is 1. The zero-order valence-corrected chi connectivity index (χ0v) is 12.9. The molecule has 0 aliphatic carbocycles. The number of para-hydroxylation sites is 1. The van der Waals surface area contributed by atoms with E-state index in [1.807, 2.05) is 24.3 Å². The Labute approximate surface area is 133 Å². The van der Waals surface area contributed by atoms with Crippen LogP contribution in [0.5, 0.6) is 5.75 Å². The number of H-pyrrole nitrogens is 1. The van der Waals surface area contributed by atoms with Crippen LogP contribution in [0.25, 0.3) is 10.9 Å². The Hall–Kier alpha value is -2.82. The molecule has 5 heteroatoms. The molecule has 23 heavy (non-hydrogen) atoms. The van der Waals surface area contributed by atoms with Crippen LogP contribution in [0.15, 0.2) is 42.5 Å². The monoisotopic (exact) mass is 312 g/mol. The van der Waals surface area contributed by atoms with E-state index in [1.54, 1.807) is 26.2 Å². The van der Waals surface area contributed by atoms with Gasteiger partial charge in [-0.1, -0.05) is 24.3 Å². The van der Waals surface area contributed by atoms with Crippen LogP contribution in [0, 0.1) is 12.7 Å². The highest BCUT2D eigenvalue weighted by molar-refractivity contribution is 6.08. The van der Waals surface area contributed by atoms with Gasteiger partial charge in [0.2, 0.25) is 0 Å². The van der Waals surface area contributed by atoms with Gasteiger partial charge in [-0.05, 0) is 25.1 Å². The van der Waals surface area contributed by atoms with Gasteiger partial charge in [0, 0.05) is 28.7 Å². The summed E-state index contributed by atoms with van der Waals surface area (Å²) in [6.07, 6.45) is 0. The van der Waals surface area contributed by atoms with Gasteiger partial charge in [0.1, 0.15) is 11.6 Å². The van der Waals surface area contributed by atoms with Crippen molar-refractivity contribution >= 4 is 16.8 Å². The van der Waals surface area contributed by atoms with E-state index in [9.17, 15) is 9.18 Å². The number of hydrogen-bond donors (Lipinski definition) is 2. The molecule has 0 atom stereocenters. The summed E-state index contributed by atoms with van der Waals surface area (Å²) in [6.45, 7) is 2.07. The highest BCUT2D eigenvalue weighted by Crippen LogP contribution is 2.25. The maximum Gasteiger partial charge on any atom is 0.254 e. The van der Waals surface area contributed by atoms with Gasteiger partial charge in [0.15, 0.2) is 0 Å². The Morgan fingerprint density at radius 3 is 2.78 bits per heavy atom. The molecule has 0 bridgehead atoms. The van der Waals surface area contributed by atoms with Gasteiger partial charge in [-0.2, -0.15) is 0 Å². The van der Waals surface area contributed by atoms with E-state index in [1.165, 1.54) is 6.07 Å². The van der Waals surface area contributed by atoms with Gasteiger partial charge in [0.05, 0.1) is 12.7 Å². The molecule has 3 aromatic rings. The fourth-order valence-electron chi connectivity index (χ4n) is 2.73. The van der Waals surface area contributed by atoms with Crippen LogP contribution in [0.3, 0.4) is 0 Å². The average Bonchev–Trinajstić information content (AvgIpc) is 2.90. The van der Waals surface area contributed by atoms with E-state index in [2.05, 4.69) is 10.3 Å². The smallest absolute Gasteiger partial charge is 0.254 e. The van der Waals surface area contributed by atoms with Crippen LogP contribution in [-0.4, -0.2) is 18.0 Å². The van der Waals surface area contributed by atoms with Crippen molar-refractivity contribution in [3.63, 3.8) is 0 Å². The van der Waals surface area contributed by atoms with Crippen LogP contribution in [0.4, 0.5) is 4.39 Å². The quantitative estimate of drug-likeness (QED) is 0.774. The number of hydrogen-bond acceptors (Lipinski definition) is 2. The molecular formula is C18H17FN2O2. The summed E-state index contributed by atoms with van der Waals surface area (Å²) in [5, 5.41) is 3.15. The van der Waals surface area contributed by atoms with E-state index >= 15 is 0 Å². The summed E-state index contributed by atoms with van der Waals surface area (Å²) in [7, 11) is 1.58. The lowest BCUT2D eigenvalue weighted by Gasteiger charge is -2.10. The van der Waals surface area contributed by atoms with Crippen LogP contribution >= 0.6 is 0 Å². The molecule has 2 aromatic carbocycles. The van der Waals surface area contributed by atoms with Crippen molar-refractivity contribution in [3.8, 4) is 5.75 Å². The van der Waals surface area contributed by atoms with Gasteiger partial charge in [-0.3, -0.25) is 4.79 Å². The van der Waals surface area contributed by atoms with E-state index < -0.39 is 5.82 Å². The van der Waals surface area contributed by atoms with Crippen LogP contribution in [0.2, 0.25) is 0 Å². The van der Waals surface area contributed by atoms with Gasteiger partial charge in [-0.25, -0.2) is 4.39 Å². The van der Waals surface area contributed by atoms with E-state index in [4.69, 9.17) is 4.74 Å². The third-order valence-electron chi connectivity index (χ3n) is 3.82. The Kier molecular flexibility index (Phi) is 4.02. The number of nitrogens with one attached hydrogen (secondary N) is 2. The summed E-state index contributed by atoms with van der Waals surface area (Å²) in [5.41, 5.74) is 2.46. The van der Waals surface area contributed by atoms with Crippen molar-refractivity contribution in [2.75, 3.05) is 7.11 Å². The van der Waals surface area contributed by atoms with Gasteiger partial charge < -0.3 is 15.0 Å². The molecule has 4 nitrogen and oxygen atoms in total. The van der Waals surface area contributed by atoms with Crippen LogP contribution in [-0.2, 0) is 6.54 Å². The minimum absolute atomic E-state index is 0.309. The molecule has 1 heterocycles. The van der Waals surface area contributed by atoms with Crippen molar-refractivity contribution in [3.05, 3.63) is 65.1 Å². The molecule has 0 fully saturated rings. The number of carbonyl (C=O) groups is 1. The maximum atomic E-state index is 14.1.